The number of aliphatic hydroxyl groups is 1. The van der Waals surface area contributed by atoms with Crippen molar-refractivity contribution < 1.29 is 5.11 Å². The van der Waals surface area contributed by atoms with Crippen LogP contribution >= 0.6 is 19.3 Å². The van der Waals surface area contributed by atoms with Gasteiger partial charge in [-0.1, -0.05) is 88.8 Å². The first-order valence-corrected chi connectivity index (χ1v) is 13.2. The van der Waals surface area contributed by atoms with Crippen LogP contribution in [0, 0.1) is 0 Å². The maximum Gasteiger partial charge on any atom is 0.117 e. The first-order chi connectivity index (χ1) is 11.6. The molecule has 1 aliphatic heterocycles. The predicted octanol–water partition coefficient (Wildman–Crippen LogP) is 3.45. The standard InChI is InChI=1S/C19H25ClNOPSi/c1-24(16-9-4-2-5-10-16,17-11-6-3-7-12-17)15-19(22)18-13-8-14-21(18)23-20/h2-7,9-12,18-19,22-23H,8,13-15H2,1H3/t18-,19+/m0/s1. The minimum atomic E-state index is -1.99. The minimum absolute atomic E-state index is 0.208. The normalized spacial score (nSPS) is 20.7. The molecule has 1 heterocycles. The third kappa shape index (κ3) is 3.76. The highest BCUT2D eigenvalue weighted by atomic mass is 35.7. The fraction of sp³-hybridized carbons (Fsp3) is 0.368. The third-order valence-corrected chi connectivity index (χ3v) is 11.2. The number of hydrogen-bond acceptors (Lipinski definition) is 2. The van der Waals surface area contributed by atoms with Gasteiger partial charge in [0, 0.05) is 20.7 Å². The molecule has 2 aromatic rings. The molecule has 128 valence electrons. The quantitative estimate of drug-likeness (QED) is 0.615. The molecule has 1 fully saturated rings. The molecule has 1 unspecified atom stereocenters. The Balaban J connectivity index is 1.91. The van der Waals surface area contributed by atoms with E-state index in [1.54, 1.807) is 0 Å². The zero-order chi connectivity index (χ0) is 17.0. The van der Waals surface area contributed by atoms with Crippen LogP contribution < -0.4 is 10.4 Å². The van der Waals surface area contributed by atoms with E-state index >= 15 is 0 Å². The second kappa shape index (κ2) is 8.12. The summed E-state index contributed by atoms with van der Waals surface area (Å²) in [5.41, 5.74) is 0. The molecule has 0 aliphatic carbocycles. The summed E-state index contributed by atoms with van der Waals surface area (Å²) in [5.74, 6) is 0. The molecule has 1 N–H and O–H groups in total. The molecule has 1 saturated heterocycles. The highest BCUT2D eigenvalue weighted by molar-refractivity contribution is 7.66. The molecule has 1 aliphatic rings. The van der Waals surface area contributed by atoms with Gasteiger partial charge in [-0.3, -0.25) is 4.67 Å². The molecule has 0 spiro atoms. The van der Waals surface area contributed by atoms with E-state index in [1.165, 1.54) is 10.4 Å². The maximum absolute atomic E-state index is 11.0. The van der Waals surface area contributed by atoms with Gasteiger partial charge in [-0.15, -0.1) is 0 Å². The smallest absolute Gasteiger partial charge is 0.117 e. The lowest BCUT2D eigenvalue weighted by Crippen LogP contribution is -2.58. The van der Waals surface area contributed by atoms with Crippen LogP contribution in [0.5, 0.6) is 0 Å². The average molecular weight is 378 g/mol. The maximum atomic E-state index is 11.0. The van der Waals surface area contributed by atoms with Gasteiger partial charge in [0.05, 0.1) is 6.10 Å². The van der Waals surface area contributed by atoms with E-state index in [9.17, 15) is 5.11 Å². The van der Waals surface area contributed by atoms with Crippen LogP contribution in [0.15, 0.2) is 60.7 Å². The topological polar surface area (TPSA) is 23.5 Å². The lowest BCUT2D eigenvalue weighted by atomic mass is 10.1. The van der Waals surface area contributed by atoms with Crippen LogP contribution in [0.4, 0.5) is 0 Å². The molecule has 3 atom stereocenters. The molecule has 0 radical (unpaired) electrons. The number of rotatable bonds is 6. The molecular weight excluding hydrogens is 353 g/mol. The summed E-state index contributed by atoms with van der Waals surface area (Å²) in [6.45, 7) is 3.39. The summed E-state index contributed by atoms with van der Waals surface area (Å²) < 4.78 is 2.25. The number of halogens is 1. The zero-order valence-electron chi connectivity index (χ0n) is 14.0. The largest absolute Gasteiger partial charge is 0.392 e. The molecule has 24 heavy (non-hydrogen) atoms. The van der Waals surface area contributed by atoms with Crippen LogP contribution in [0.2, 0.25) is 12.6 Å². The summed E-state index contributed by atoms with van der Waals surface area (Å²) in [6.07, 6.45) is 1.86. The fourth-order valence-corrected chi connectivity index (χ4v) is 8.93. The molecule has 0 saturated carbocycles. The first-order valence-electron chi connectivity index (χ1n) is 8.57. The van der Waals surface area contributed by atoms with Crippen molar-refractivity contribution in [3.63, 3.8) is 0 Å². The Bertz CT molecular complexity index is 603. The van der Waals surface area contributed by atoms with Gasteiger partial charge in [-0.05, 0) is 18.9 Å². The van der Waals surface area contributed by atoms with Crippen LogP contribution in [-0.4, -0.2) is 36.5 Å². The van der Waals surface area contributed by atoms with Crippen molar-refractivity contribution in [3.8, 4) is 0 Å². The van der Waals surface area contributed by atoms with E-state index in [0.717, 1.165) is 25.4 Å². The third-order valence-electron chi connectivity index (χ3n) is 5.29. The Labute approximate surface area is 152 Å². The van der Waals surface area contributed by atoms with Crippen molar-refractivity contribution in [1.29, 1.82) is 0 Å². The van der Waals surface area contributed by atoms with Gasteiger partial charge in [0.2, 0.25) is 0 Å². The van der Waals surface area contributed by atoms with Crippen LogP contribution in [0.3, 0.4) is 0 Å². The Morgan fingerprint density at radius 1 is 1.12 bits per heavy atom. The van der Waals surface area contributed by atoms with Crippen LogP contribution in [-0.2, 0) is 0 Å². The van der Waals surface area contributed by atoms with Gasteiger partial charge in [-0.2, -0.15) is 0 Å². The summed E-state index contributed by atoms with van der Waals surface area (Å²) in [7, 11) is -1.73. The summed E-state index contributed by atoms with van der Waals surface area (Å²) >= 11 is 6.11. The van der Waals surface area contributed by atoms with E-state index in [2.05, 4.69) is 71.9 Å². The van der Waals surface area contributed by atoms with Gasteiger partial charge in [-0.25, -0.2) is 0 Å². The highest BCUT2D eigenvalue weighted by Gasteiger charge is 2.39. The fourth-order valence-electron chi connectivity index (χ4n) is 3.87. The van der Waals surface area contributed by atoms with E-state index < -0.39 is 8.07 Å². The zero-order valence-corrected chi connectivity index (χ0v) is 16.8. The Hall–Kier alpha value is -0.703. The van der Waals surface area contributed by atoms with Crippen molar-refractivity contribution in [2.75, 3.05) is 6.54 Å². The summed E-state index contributed by atoms with van der Waals surface area (Å²) in [5, 5.41) is 13.8. The number of benzene rings is 2. The van der Waals surface area contributed by atoms with Crippen molar-refractivity contribution in [2.45, 2.75) is 37.6 Å². The predicted molar refractivity (Wildman–Crippen MR) is 108 cm³/mol. The average Bonchev–Trinajstić information content (AvgIpc) is 3.12. The number of hydrogen-bond donors (Lipinski definition) is 1. The SMILES string of the molecule is C[Si](C[C@@H](O)[C@@H]1CCCN1PCl)(c1ccccc1)c1ccccc1. The highest BCUT2D eigenvalue weighted by Crippen LogP contribution is 2.35. The van der Waals surface area contributed by atoms with Gasteiger partial charge >= 0.3 is 0 Å². The molecular formula is C19H25ClNOPSi. The summed E-state index contributed by atoms with van der Waals surface area (Å²) in [6, 6.07) is 22.5. The molecule has 0 amide bonds. The Morgan fingerprint density at radius 3 is 2.17 bits per heavy atom. The second-order valence-electron chi connectivity index (χ2n) is 6.82. The van der Waals surface area contributed by atoms with Gasteiger partial charge in [0.1, 0.15) is 8.07 Å². The molecule has 2 nitrogen and oxygen atoms in total. The lowest BCUT2D eigenvalue weighted by molar-refractivity contribution is 0.126. The minimum Gasteiger partial charge on any atom is -0.392 e. The van der Waals surface area contributed by atoms with Crippen molar-refractivity contribution >= 4 is 37.8 Å². The van der Waals surface area contributed by atoms with E-state index in [4.69, 9.17) is 11.2 Å². The van der Waals surface area contributed by atoms with E-state index in [0.29, 0.717) is 0 Å². The summed E-state index contributed by atoms with van der Waals surface area (Å²) in [4.78, 5) is 0. The van der Waals surface area contributed by atoms with Gasteiger partial charge in [0.25, 0.3) is 0 Å². The van der Waals surface area contributed by atoms with Crippen LogP contribution in [0.25, 0.3) is 0 Å². The molecule has 3 rings (SSSR count). The van der Waals surface area contributed by atoms with Gasteiger partial charge in [0.15, 0.2) is 0 Å². The van der Waals surface area contributed by atoms with Crippen LogP contribution in [0.1, 0.15) is 12.8 Å². The van der Waals surface area contributed by atoms with Crippen molar-refractivity contribution in [3.05, 3.63) is 60.7 Å². The molecule has 0 aromatic heterocycles. The van der Waals surface area contributed by atoms with E-state index in [-0.39, 0.29) is 20.2 Å². The molecule has 5 heteroatoms. The lowest BCUT2D eigenvalue weighted by Gasteiger charge is -2.35. The first kappa shape index (κ1) is 18.1. The van der Waals surface area contributed by atoms with Crippen molar-refractivity contribution in [2.24, 2.45) is 0 Å². The number of nitrogens with zero attached hydrogens (tertiary/aromatic N) is 1. The van der Waals surface area contributed by atoms with E-state index in [1.807, 2.05) is 0 Å². The second-order valence-corrected chi connectivity index (χ2v) is 12.3. The number of aliphatic hydroxyl groups excluding tert-OH is 1. The van der Waals surface area contributed by atoms with Crippen molar-refractivity contribution in [1.82, 2.24) is 4.67 Å². The Kier molecular flexibility index (Phi) is 6.12. The molecule has 0 bridgehead atoms. The molecule has 2 aromatic carbocycles. The monoisotopic (exact) mass is 377 g/mol. The Morgan fingerprint density at radius 2 is 1.67 bits per heavy atom. The van der Waals surface area contributed by atoms with Gasteiger partial charge < -0.3 is 5.11 Å².